The van der Waals surface area contributed by atoms with Crippen LogP contribution >= 0.6 is 0 Å². The van der Waals surface area contributed by atoms with Crippen LogP contribution in [0, 0.1) is 5.92 Å². The van der Waals surface area contributed by atoms with Crippen molar-refractivity contribution < 1.29 is 9.53 Å². The summed E-state index contributed by atoms with van der Waals surface area (Å²) in [7, 11) is 0. The van der Waals surface area contributed by atoms with Gasteiger partial charge in [0.05, 0.1) is 5.92 Å². The summed E-state index contributed by atoms with van der Waals surface area (Å²) in [6, 6.07) is 9.40. The van der Waals surface area contributed by atoms with Crippen LogP contribution < -0.4 is 4.74 Å². The summed E-state index contributed by atoms with van der Waals surface area (Å²) in [5, 5.41) is 0. The van der Waals surface area contributed by atoms with Crippen molar-refractivity contribution in [3.05, 3.63) is 53.6 Å². The molecule has 2 nitrogen and oxygen atoms in total. The van der Waals surface area contributed by atoms with Crippen molar-refractivity contribution in [2.75, 3.05) is 0 Å². The number of allylic oxidation sites excluding steroid dienone is 4. The number of para-hydroxylation sites is 1. The van der Waals surface area contributed by atoms with Crippen LogP contribution in [0.15, 0.2) is 53.6 Å². The number of esters is 1. The van der Waals surface area contributed by atoms with Gasteiger partial charge in [0.1, 0.15) is 5.75 Å². The first kappa shape index (κ1) is 22.2. The largest absolute Gasteiger partial charge is 0.426 e. The second-order valence-electron chi connectivity index (χ2n) is 7.39. The molecule has 0 radical (unpaired) electrons. The number of unbranched alkanes of at least 4 members (excludes halogenated alkanes) is 3. The first-order valence-electron chi connectivity index (χ1n) is 10.1. The fourth-order valence-corrected chi connectivity index (χ4v) is 2.87. The van der Waals surface area contributed by atoms with Gasteiger partial charge < -0.3 is 4.74 Å². The van der Waals surface area contributed by atoms with Crippen molar-refractivity contribution >= 4 is 5.97 Å². The molecule has 0 spiro atoms. The third-order valence-corrected chi connectivity index (χ3v) is 4.54. The zero-order valence-electron chi connectivity index (χ0n) is 17.1. The second-order valence-corrected chi connectivity index (χ2v) is 7.39. The van der Waals surface area contributed by atoms with E-state index in [0.717, 1.165) is 32.1 Å². The number of benzene rings is 1. The van der Waals surface area contributed by atoms with E-state index < -0.39 is 0 Å². The maximum atomic E-state index is 12.6. The van der Waals surface area contributed by atoms with Crippen molar-refractivity contribution in [3.8, 4) is 5.75 Å². The van der Waals surface area contributed by atoms with Crippen LogP contribution in [0.2, 0.25) is 0 Å². The number of hydrogen-bond acceptors (Lipinski definition) is 2. The van der Waals surface area contributed by atoms with Gasteiger partial charge in [-0.05, 0) is 58.6 Å². The average Bonchev–Trinajstić information content (AvgIpc) is 2.61. The highest BCUT2D eigenvalue weighted by atomic mass is 16.5. The Bertz CT molecular complexity index is 565. The fraction of sp³-hybridized carbons (Fsp3) is 0.542. The van der Waals surface area contributed by atoms with E-state index in [1.807, 2.05) is 30.3 Å². The van der Waals surface area contributed by atoms with E-state index in [1.165, 1.54) is 30.4 Å². The number of hydrogen-bond donors (Lipinski definition) is 0. The van der Waals surface area contributed by atoms with Gasteiger partial charge in [-0.25, -0.2) is 0 Å². The first-order chi connectivity index (χ1) is 12.5. The van der Waals surface area contributed by atoms with Crippen LogP contribution in [0.5, 0.6) is 5.75 Å². The Kier molecular flexibility index (Phi) is 11.4. The molecule has 0 amide bonds. The smallest absolute Gasteiger partial charge is 0.314 e. The van der Waals surface area contributed by atoms with E-state index >= 15 is 0 Å². The SMILES string of the molecule is CCCCCCC(C/C=C(\C)CCC=C(C)C)C(=O)Oc1ccccc1. The summed E-state index contributed by atoms with van der Waals surface area (Å²) >= 11 is 0. The molecule has 26 heavy (non-hydrogen) atoms. The molecular weight excluding hydrogens is 320 g/mol. The van der Waals surface area contributed by atoms with Gasteiger partial charge in [0.15, 0.2) is 0 Å². The topological polar surface area (TPSA) is 26.3 Å². The van der Waals surface area contributed by atoms with Crippen molar-refractivity contribution in [2.45, 2.75) is 79.1 Å². The standard InChI is InChI=1S/C24H36O2/c1-5-6-7-9-15-22(19-18-21(4)14-12-13-20(2)3)24(25)26-23-16-10-8-11-17-23/h8,10-11,13,16-18,22H,5-7,9,12,14-15,19H2,1-4H3/b21-18+. The van der Waals surface area contributed by atoms with Crippen LogP contribution in [0.25, 0.3) is 0 Å². The molecule has 144 valence electrons. The lowest BCUT2D eigenvalue weighted by molar-refractivity contribution is -0.139. The molecule has 0 aliphatic rings. The molecule has 0 aliphatic carbocycles. The first-order valence-corrected chi connectivity index (χ1v) is 10.1. The Morgan fingerprint density at radius 3 is 2.42 bits per heavy atom. The molecule has 0 N–H and O–H groups in total. The van der Waals surface area contributed by atoms with Gasteiger partial charge in [-0.3, -0.25) is 4.79 Å². The predicted octanol–water partition coefficient (Wildman–Crippen LogP) is 7.26. The number of carbonyl (C=O) groups excluding carboxylic acids is 1. The van der Waals surface area contributed by atoms with E-state index in [-0.39, 0.29) is 11.9 Å². The summed E-state index contributed by atoms with van der Waals surface area (Å²) in [5.74, 6) is 0.492. The second kappa shape index (κ2) is 13.4. The predicted molar refractivity (Wildman–Crippen MR) is 111 cm³/mol. The van der Waals surface area contributed by atoms with Gasteiger partial charge in [-0.2, -0.15) is 0 Å². The molecule has 2 heteroatoms. The molecule has 0 saturated heterocycles. The minimum atomic E-state index is -0.0963. The van der Waals surface area contributed by atoms with E-state index in [9.17, 15) is 4.79 Å². The number of ether oxygens (including phenoxy) is 1. The molecule has 0 fully saturated rings. The lowest BCUT2D eigenvalue weighted by atomic mass is 9.95. The van der Waals surface area contributed by atoms with Crippen LogP contribution in [0.1, 0.15) is 79.1 Å². The van der Waals surface area contributed by atoms with Crippen LogP contribution in [0.4, 0.5) is 0 Å². The summed E-state index contributed by atoms with van der Waals surface area (Å²) < 4.78 is 5.60. The van der Waals surface area contributed by atoms with E-state index in [1.54, 1.807) is 0 Å². The van der Waals surface area contributed by atoms with Crippen molar-refractivity contribution in [3.63, 3.8) is 0 Å². The van der Waals surface area contributed by atoms with Crippen LogP contribution in [0.3, 0.4) is 0 Å². The minimum Gasteiger partial charge on any atom is -0.426 e. The maximum Gasteiger partial charge on any atom is 0.314 e. The highest BCUT2D eigenvalue weighted by Gasteiger charge is 2.19. The van der Waals surface area contributed by atoms with Gasteiger partial charge in [0, 0.05) is 0 Å². The lowest BCUT2D eigenvalue weighted by Gasteiger charge is -2.15. The zero-order chi connectivity index (χ0) is 19.2. The molecule has 0 aromatic heterocycles. The molecule has 1 aromatic carbocycles. The summed E-state index contributed by atoms with van der Waals surface area (Å²) in [5.41, 5.74) is 2.71. The minimum absolute atomic E-state index is 0.0505. The molecule has 1 atom stereocenters. The molecule has 1 unspecified atom stereocenters. The van der Waals surface area contributed by atoms with E-state index in [4.69, 9.17) is 4.74 Å². The lowest BCUT2D eigenvalue weighted by Crippen LogP contribution is -2.20. The fourth-order valence-electron chi connectivity index (χ4n) is 2.87. The van der Waals surface area contributed by atoms with Crippen LogP contribution in [-0.4, -0.2) is 5.97 Å². The third kappa shape index (κ3) is 10.2. The third-order valence-electron chi connectivity index (χ3n) is 4.54. The molecule has 0 heterocycles. The molecular formula is C24H36O2. The van der Waals surface area contributed by atoms with Crippen molar-refractivity contribution in [2.24, 2.45) is 5.92 Å². The molecule has 1 aromatic rings. The normalized spacial score (nSPS) is 12.5. The Morgan fingerprint density at radius 1 is 1.04 bits per heavy atom. The average molecular weight is 357 g/mol. The summed E-state index contributed by atoms with van der Waals surface area (Å²) in [6.45, 7) is 8.63. The van der Waals surface area contributed by atoms with Crippen molar-refractivity contribution in [1.29, 1.82) is 0 Å². The quantitative estimate of drug-likeness (QED) is 0.170. The van der Waals surface area contributed by atoms with Gasteiger partial charge in [0.25, 0.3) is 0 Å². The number of carbonyl (C=O) groups is 1. The molecule has 0 bridgehead atoms. The summed E-state index contributed by atoms with van der Waals surface area (Å²) in [4.78, 5) is 12.6. The van der Waals surface area contributed by atoms with Gasteiger partial charge >= 0.3 is 5.97 Å². The Labute approximate surface area is 160 Å². The van der Waals surface area contributed by atoms with E-state index in [2.05, 4.69) is 39.8 Å². The van der Waals surface area contributed by atoms with Gasteiger partial charge in [-0.1, -0.05) is 74.1 Å². The maximum absolute atomic E-state index is 12.6. The van der Waals surface area contributed by atoms with Crippen LogP contribution in [-0.2, 0) is 4.79 Å². The molecule has 0 saturated carbocycles. The summed E-state index contributed by atoms with van der Waals surface area (Å²) in [6.07, 6.45) is 13.0. The number of rotatable bonds is 12. The Balaban J connectivity index is 2.61. The highest BCUT2D eigenvalue weighted by Crippen LogP contribution is 2.21. The zero-order valence-corrected chi connectivity index (χ0v) is 17.1. The Morgan fingerprint density at radius 2 is 1.77 bits per heavy atom. The van der Waals surface area contributed by atoms with Gasteiger partial charge in [-0.15, -0.1) is 0 Å². The monoisotopic (exact) mass is 356 g/mol. The Hall–Kier alpha value is -1.83. The van der Waals surface area contributed by atoms with Crippen molar-refractivity contribution in [1.82, 2.24) is 0 Å². The molecule has 1 rings (SSSR count). The highest BCUT2D eigenvalue weighted by molar-refractivity contribution is 5.75. The van der Waals surface area contributed by atoms with Gasteiger partial charge in [0.2, 0.25) is 0 Å². The molecule has 0 aliphatic heterocycles. The van der Waals surface area contributed by atoms with E-state index in [0.29, 0.717) is 5.75 Å².